The van der Waals surface area contributed by atoms with E-state index in [0.29, 0.717) is 4.47 Å². The molecule has 1 heterocycles. The van der Waals surface area contributed by atoms with E-state index in [2.05, 4.69) is 21.2 Å². The predicted molar refractivity (Wildman–Crippen MR) is 48.3 cm³/mol. The highest BCUT2D eigenvalue weighted by Crippen LogP contribution is 2.34. The Hall–Kier alpha value is -1.03. The highest BCUT2D eigenvalue weighted by Gasteiger charge is 2.17. The maximum Gasteiger partial charge on any atom is 0.262 e. The average molecular weight is 231 g/mol. The van der Waals surface area contributed by atoms with E-state index in [1.165, 1.54) is 0 Å². The quantitative estimate of drug-likeness (QED) is 0.739. The Kier molecular flexibility index (Phi) is 1.13. The van der Waals surface area contributed by atoms with E-state index < -0.39 is 0 Å². The molecule has 1 aromatic carbocycles. The lowest BCUT2D eigenvalue weighted by Gasteiger charge is -2.18. The first-order valence-corrected chi connectivity index (χ1v) is 4.03. The summed E-state index contributed by atoms with van der Waals surface area (Å²) >= 11 is 3.10. The normalized spacial score (nSPS) is 18.1. The first-order chi connectivity index (χ1) is 7.02. The van der Waals surface area contributed by atoms with Crippen LogP contribution in [0.25, 0.3) is 0 Å². The fraction of sp³-hybridized carbons (Fsp3) is 0.125. The molecule has 62 valence electrons. The van der Waals surface area contributed by atoms with Crippen molar-refractivity contribution < 1.29 is 13.6 Å². The molecule has 1 aliphatic heterocycles. The number of carbonyl (C=O) groups is 1. The Morgan fingerprint density at radius 2 is 2.50 bits per heavy atom. The summed E-state index contributed by atoms with van der Waals surface area (Å²) in [6.45, 7) is -0.137. The van der Waals surface area contributed by atoms with E-state index in [1.54, 1.807) is 0 Å². The fourth-order valence-electron chi connectivity index (χ4n) is 0.909. The summed E-state index contributed by atoms with van der Waals surface area (Å²) in [6, 6.07) is -0.562. The van der Waals surface area contributed by atoms with E-state index in [9.17, 15) is 4.79 Å². The number of anilines is 1. The van der Waals surface area contributed by atoms with Crippen molar-refractivity contribution in [1.29, 1.82) is 0 Å². The fourth-order valence-corrected chi connectivity index (χ4v) is 1.32. The van der Waals surface area contributed by atoms with Crippen LogP contribution in [0.15, 0.2) is 22.6 Å². The zero-order valence-electron chi connectivity index (χ0n) is 8.90. The van der Waals surface area contributed by atoms with Crippen molar-refractivity contribution in [3.63, 3.8) is 0 Å². The summed E-state index contributed by atoms with van der Waals surface area (Å²) in [5.41, 5.74) is 0.152. The van der Waals surface area contributed by atoms with Crippen LogP contribution in [0.1, 0.15) is 4.11 Å². The third-order valence-electron chi connectivity index (χ3n) is 1.40. The maximum absolute atomic E-state index is 11.0. The summed E-state index contributed by atoms with van der Waals surface area (Å²) in [7, 11) is 0. The van der Waals surface area contributed by atoms with Crippen molar-refractivity contribution in [2.75, 3.05) is 11.9 Å². The second-order valence-corrected chi connectivity index (χ2v) is 3.02. The van der Waals surface area contributed by atoms with Gasteiger partial charge in [-0.05, 0) is 28.0 Å². The molecular weight excluding hydrogens is 222 g/mol. The van der Waals surface area contributed by atoms with Gasteiger partial charge in [0.1, 0.15) is 0 Å². The number of halogens is 1. The van der Waals surface area contributed by atoms with Gasteiger partial charge >= 0.3 is 0 Å². The van der Waals surface area contributed by atoms with E-state index in [4.69, 9.17) is 8.85 Å². The third-order valence-corrected chi connectivity index (χ3v) is 1.96. The number of amides is 1. The molecule has 4 heteroatoms. The molecule has 1 N–H and O–H groups in total. The molecule has 0 radical (unpaired) electrons. The monoisotopic (exact) mass is 230 g/mol. The van der Waals surface area contributed by atoms with E-state index in [0.717, 1.165) is 0 Å². The van der Waals surface area contributed by atoms with Gasteiger partial charge in [0, 0.05) is 0 Å². The summed E-state index contributed by atoms with van der Waals surface area (Å²) < 4.78 is 28.0. The summed E-state index contributed by atoms with van der Waals surface area (Å²) in [6.07, 6.45) is 0. The number of para-hydroxylation sites is 1. The van der Waals surface area contributed by atoms with Crippen molar-refractivity contribution in [1.82, 2.24) is 0 Å². The van der Waals surface area contributed by atoms with Gasteiger partial charge in [0.25, 0.3) is 5.91 Å². The lowest BCUT2D eigenvalue weighted by Crippen LogP contribution is -2.25. The smallest absolute Gasteiger partial charge is 0.262 e. The van der Waals surface area contributed by atoms with Crippen molar-refractivity contribution >= 4 is 27.5 Å². The van der Waals surface area contributed by atoms with Gasteiger partial charge in [-0.3, -0.25) is 4.79 Å². The van der Waals surface area contributed by atoms with Crippen LogP contribution in [0.5, 0.6) is 5.75 Å². The third kappa shape index (κ3) is 1.18. The molecule has 0 saturated carbocycles. The average Bonchev–Trinajstić information content (AvgIpc) is 2.23. The van der Waals surface area contributed by atoms with E-state index in [-0.39, 0.29) is 42.1 Å². The van der Waals surface area contributed by atoms with Crippen LogP contribution in [0.2, 0.25) is 0 Å². The highest BCUT2D eigenvalue weighted by atomic mass is 79.9. The maximum atomic E-state index is 11.0. The van der Waals surface area contributed by atoms with Gasteiger partial charge in [0.2, 0.25) is 0 Å². The molecule has 0 unspecified atom stereocenters. The first-order valence-electron chi connectivity index (χ1n) is 4.74. The highest BCUT2D eigenvalue weighted by molar-refractivity contribution is 9.10. The summed E-state index contributed by atoms with van der Waals surface area (Å²) in [4.78, 5) is 11.0. The van der Waals surface area contributed by atoms with Crippen molar-refractivity contribution in [2.24, 2.45) is 0 Å². The summed E-state index contributed by atoms with van der Waals surface area (Å²) in [5.74, 6) is -0.111. The number of fused-ring (bicyclic) bond motifs is 1. The Balaban J connectivity index is 2.70. The van der Waals surface area contributed by atoms with Gasteiger partial charge in [-0.1, -0.05) is 6.04 Å². The van der Waals surface area contributed by atoms with Crippen LogP contribution in [0.4, 0.5) is 5.69 Å². The molecule has 0 aliphatic carbocycles. The van der Waals surface area contributed by atoms with E-state index >= 15 is 0 Å². The van der Waals surface area contributed by atoms with Crippen LogP contribution in [0.3, 0.4) is 0 Å². The number of rotatable bonds is 0. The molecule has 1 amide bonds. The topological polar surface area (TPSA) is 38.3 Å². The van der Waals surface area contributed by atoms with Gasteiger partial charge in [-0.2, -0.15) is 0 Å². The Labute approximate surface area is 82.1 Å². The zero-order chi connectivity index (χ0) is 11.2. The predicted octanol–water partition coefficient (Wildman–Crippen LogP) is 1.78. The van der Waals surface area contributed by atoms with Crippen molar-refractivity contribution in [2.45, 2.75) is 0 Å². The second kappa shape index (κ2) is 2.79. The lowest BCUT2D eigenvalue weighted by atomic mass is 10.2. The molecule has 0 aromatic heterocycles. The van der Waals surface area contributed by atoms with Gasteiger partial charge in [-0.25, -0.2) is 0 Å². The lowest BCUT2D eigenvalue weighted by molar-refractivity contribution is -0.118. The van der Waals surface area contributed by atoms with Crippen molar-refractivity contribution in [3.8, 4) is 5.75 Å². The van der Waals surface area contributed by atoms with Crippen LogP contribution >= 0.6 is 15.9 Å². The minimum absolute atomic E-state index is 0.116. The number of hydrogen-bond acceptors (Lipinski definition) is 2. The van der Waals surface area contributed by atoms with Crippen LogP contribution in [-0.4, -0.2) is 12.5 Å². The minimum atomic E-state index is -0.361. The first kappa shape index (κ1) is 4.87. The molecule has 2 rings (SSSR count). The minimum Gasteiger partial charge on any atom is -0.480 e. The molecule has 0 atom stereocenters. The largest absolute Gasteiger partial charge is 0.480 e. The molecule has 0 saturated heterocycles. The Morgan fingerprint density at radius 3 is 3.33 bits per heavy atom. The Morgan fingerprint density at radius 1 is 1.67 bits per heavy atom. The molecule has 0 fully saturated rings. The van der Waals surface area contributed by atoms with Gasteiger partial charge in [0.15, 0.2) is 12.4 Å². The Bertz CT molecular complexity index is 464. The van der Waals surface area contributed by atoms with Crippen LogP contribution in [0, 0.1) is 0 Å². The number of hydrogen-bond donors (Lipinski definition) is 1. The molecule has 3 nitrogen and oxygen atoms in total. The number of carbonyl (C=O) groups excluding carboxylic acids is 1. The van der Waals surface area contributed by atoms with Crippen LogP contribution in [-0.2, 0) is 4.79 Å². The molecule has 12 heavy (non-hydrogen) atoms. The summed E-state index contributed by atoms with van der Waals surface area (Å²) in [5, 5.41) is 2.45. The second-order valence-electron chi connectivity index (χ2n) is 2.23. The molecule has 0 spiro atoms. The van der Waals surface area contributed by atoms with E-state index in [1.807, 2.05) is 0 Å². The number of benzene rings is 1. The SMILES string of the molecule is [2H]c1c([2H])c(Br)c2c(c1[2H])NC(=O)CO2. The van der Waals surface area contributed by atoms with Gasteiger partial charge in [-0.15, -0.1) is 0 Å². The van der Waals surface area contributed by atoms with Gasteiger partial charge in [0.05, 0.1) is 14.3 Å². The number of nitrogens with one attached hydrogen (secondary N) is 1. The molecular formula is C8H6BrNO2. The van der Waals surface area contributed by atoms with Gasteiger partial charge < -0.3 is 10.1 Å². The molecule has 1 aromatic rings. The number of ether oxygens (including phenoxy) is 1. The standard InChI is InChI=1S/C8H6BrNO2/c9-5-2-1-3-6-8(5)12-4-7(11)10-6/h1-3H,4H2,(H,10,11)/i1D,2D,3D. The van der Waals surface area contributed by atoms with Crippen LogP contribution < -0.4 is 10.1 Å². The molecule has 0 bridgehead atoms. The molecule has 1 aliphatic rings. The van der Waals surface area contributed by atoms with Crippen molar-refractivity contribution in [3.05, 3.63) is 22.6 Å². The zero-order valence-corrected chi connectivity index (χ0v) is 7.49.